The predicted octanol–water partition coefficient (Wildman–Crippen LogP) is 0.0931. The molecule has 0 aromatic heterocycles. The summed E-state index contributed by atoms with van der Waals surface area (Å²) in [5.74, 6) is 0. The zero-order chi connectivity index (χ0) is 13.6. The van der Waals surface area contributed by atoms with Crippen LogP contribution in [0.4, 0.5) is 11.4 Å². The van der Waals surface area contributed by atoms with Crippen molar-refractivity contribution in [1.29, 1.82) is 0 Å². The van der Waals surface area contributed by atoms with Crippen LogP contribution in [0, 0.1) is 0 Å². The second kappa shape index (κ2) is 6.58. The molecule has 102 valence electrons. The number of nitrogen functional groups attached to an aromatic ring is 1. The van der Waals surface area contributed by atoms with Crippen LogP contribution < -0.4 is 11.1 Å². The van der Waals surface area contributed by atoms with E-state index in [4.69, 9.17) is 15.6 Å². The van der Waals surface area contributed by atoms with Crippen molar-refractivity contribution in [3.63, 3.8) is 0 Å². The molecule has 0 spiro atoms. The molecule has 1 rings (SSSR count). The molecule has 0 aliphatic carbocycles. The lowest BCUT2D eigenvalue weighted by atomic mass is 10.2. The summed E-state index contributed by atoms with van der Waals surface area (Å²) in [6, 6.07) is 4.55. The highest BCUT2D eigenvalue weighted by Crippen LogP contribution is 2.22. The molecule has 6 nitrogen and oxygen atoms in total. The van der Waals surface area contributed by atoms with Crippen LogP contribution in [-0.2, 0) is 14.6 Å². The molecule has 4 N–H and O–H groups in total. The standard InChI is InChI=1S/C11H18N2O4S/c1-18(15,16)9-2-3-11(10(12)8-9)13-4-6-17-7-5-14/h2-3,8,13-14H,4-7,12H2,1H3. The van der Waals surface area contributed by atoms with E-state index in [0.717, 1.165) is 6.26 Å². The van der Waals surface area contributed by atoms with Crippen LogP contribution in [0.15, 0.2) is 23.1 Å². The molecule has 18 heavy (non-hydrogen) atoms. The lowest BCUT2D eigenvalue weighted by molar-refractivity contribution is 0.0992. The van der Waals surface area contributed by atoms with E-state index in [2.05, 4.69) is 5.32 Å². The number of hydrogen-bond acceptors (Lipinski definition) is 6. The van der Waals surface area contributed by atoms with Gasteiger partial charge in [0.05, 0.1) is 36.1 Å². The molecule has 0 amide bonds. The number of sulfone groups is 1. The van der Waals surface area contributed by atoms with E-state index in [-0.39, 0.29) is 11.5 Å². The minimum Gasteiger partial charge on any atom is -0.397 e. The summed E-state index contributed by atoms with van der Waals surface area (Å²) in [4.78, 5) is 0.196. The fraction of sp³-hybridized carbons (Fsp3) is 0.455. The van der Waals surface area contributed by atoms with Gasteiger partial charge in [0.1, 0.15) is 0 Å². The highest BCUT2D eigenvalue weighted by Gasteiger charge is 2.09. The minimum atomic E-state index is -3.23. The van der Waals surface area contributed by atoms with Crippen molar-refractivity contribution in [1.82, 2.24) is 0 Å². The van der Waals surface area contributed by atoms with Crippen LogP contribution in [0.25, 0.3) is 0 Å². The molecule has 0 aliphatic rings. The normalized spacial score (nSPS) is 11.4. The first-order valence-electron chi connectivity index (χ1n) is 5.47. The molecule has 0 unspecified atom stereocenters. The summed E-state index contributed by atoms with van der Waals surface area (Å²) in [5, 5.41) is 11.5. The third-order valence-electron chi connectivity index (χ3n) is 2.25. The summed E-state index contributed by atoms with van der Waals surface area (Å²) in [6.07, 6.45) is 1.14. The Labute approximate surface area is 107 Å². The van der Waals surface area contributed by atoms with Gasteiger partial charge in [-0.1, -0.05) is 0 Å². The minimum absolute atomic E-state index is 0.00873. The largest absolute Gasteiger partial charge is 0.397 e. The molecule has 0 saturated heterocycles. The maximum absolute atomic E-state index is 11.3. The molecular weight excluding hydrogens is 256 g/mol. The number of aliphatic hydroxyl groups excluding tert-OH is 1. The summed E-state index contributed by atoms with van der Waals surface area (Å²) in [6.45, 7) is 1.26. The van der Waals surface area contributed by atoms with Crippen molar-refractivity contribution in [2.24, 2.45) is 0 Å². The van der Waals surface area contributed by atoms with Crippen molar-refractivity contribution in [2.75, 3.05) is 43.7 Å². The van der Waals surface area contributed by atoms with Gasteiger partial charge in [-0.05, 0) is 18.2 Å². The van der Waals surface area contributed by atoms with Crippen LogP contribution in [0.5, 0.6) is 0 Å². The number of nitrogens with two attached hydrogens (primary N) is 1. The van der Waals surface area contributed by atoms with Gasteiger partial charge in [-0.3, -0.25) is 0 Å². The zero-order valence-corrected chi connectivity index (χ0v) is 11.0. The second-order valence-electron chi connectivity index (χ2n) is 3.78. The highest BCUT2D eigenvalue weighted by molar-refractivity contribution is 7.90. The van der Waals surface area contributed by atoms with Gasteiger partial charge in [-0.15, -0.1) is 0 Å². The molecule has 1 aromatic rings. The van der Waals surface area contributed by atoms with Gasteiger partial charge in [0.15, 0.2) is 9.84 Å². The topological polar surface area (TPSA) is 102 Å². The molecule has 0 bridgehead atoms. The summed E-state index contributed by atoms with van der Waals surface area (Å²) < 4.78 is 27.7. The van der Waals surface area contributed by atoms with Crippen molar-refractivity contribution >= 4 is 21.2 Å². The molecule has 0 aliphatic heterocycles. The van der Waals surface area contributed by atoms with Crippen molar-refractivity contribution in [3.8, 4) is 0 Å². The summed E-state index contributed by atoms with van der Waals surface area (Å²) in [7, 11) is -3.23. The average molecular weight is 274 g/mol. The molecule has 0 saturated carbocycles. The number of benzene rings is 1. The quantitative estimate of drug-likeness (QED) is 0.481. The Hall–Kier alpha value is -1.31. The Morgan fingerprint density at radius 2 is 2.11 bits per heavy atom. The van der Waals surface area contributed by atoms with E-state index in [1.165, 1.54) is 12.1 Å². The number of nitrogens with one attached hydrogen (secondary N) is 1. The van der Waals surface area contributed by atoms with Crippen LogP contribution >= 0.6 is 0 Å². The average Bonchev–Trinajstić information content (AvgIpc) is 2.29. The number of anilines is 2. The molecule has 0 atom stereocenters. The van der Waals surface area contributed by atoms with Gasteiger partial charge in [-0.25, -0.2) is 8.42 Å². The molecular formula is C11H18N2O4S. The molecule has 0 radical (unpaired) electrons. The Balaban J connectivity index is 2.58. The van der Waals surface area contributed by atoms with Gasteiger partial charge >= 0.3 is 0 Å². The molecule has 7 heteroatoms. The van der Waals surface area contributed by atoms with E-state index in [1.54, 1.807) is 6.07 Å². The van der Waals surface area contributed by atoms with Crippen LogP contribution in [0.2, 0.25) is 0 Å². The lowest BCUT2D eigenvalue weighted by Gasteiger charge is -2.10. The van der Waals surface area contributed by atoms with Crippen molar-refractivity contribution in [2.45, 2.75) is 4.90 Å². The smallest absolute Gasteiger partial charge is 0.175 e. The zero-order valence-electron chi connectivity index (χ0n) is 10.2. The lowest BCUT2D eigenvalue weighted by Crippen LogP contribution is -2.12. The first-order chi connectivity index (χ1) is 8.45. The molecule has 0 heterocycles. The monoisotopic (exact) mass is 274 g/mol. The number of rotatable bonds is 7. The number of aliphatic hydroxyl groups is 1. The molecule has 0 fully saturated rings. The third-order valence-corrected chi connectivity index (χ3v) is 3.36. The Bertz CT molecular complexity index is 488. The van der Waals surface area contributed by atoms with Crippen LogP contribution in [0.3, 0.4) is 0 Å². The first kappa shape index (κ1) is 14.7. The Morgan fingerprint density at radius 1 is 1.39 bits per heavy atom. The fourth-order valence-corrected chi connectivity index (χ4v) is 2.01. The van der Waals surface area contributed by atoms with E-state index >= 15 is 0 Å². The second-order valence-corrected chi connectivity index (χ2v) is 5.80. The molecule has 1 aromatic carbocycles. The highest BCUT2D eigenvalue weighted by atomic mass is 32.2. The predicted molar refractivity (Wildman–Crippen MR) is 70.4 cm³/mol. The third kappa shape index (κ3) is 4.52. The van der Waals surface area contributed by atoms with Crippen molar-refractivity contribution < 1.29 is 18.3 Å². The van der Waals surface area contributed by atoms with Crippen LogP contribution in [-0.4, -0.2) is 46.1 Å². The van der Waals surface area contributed by atoms with E-state index in [9.17, 15) is 8.42 Å². The van der Waals surface area contributed by atoms with Crippen LogP contribution in [0.1, 0.15) is 0 Å². The summed E-state index contributed by atoms with van der Waals surface area (Å²) in [5.41, 5.74) is 6.79. The van der Waals surface area contributed by atoms with E-state index in [1.807, 2.05) is 0 Å². The Morgan fingerprint density at radius 3 is 2.67 bits per heavy atom. The maximum atomic E-state index is 11.3. The summed E-state index contributed by atoms with van der Waals surface area (Å²) >= 11 is 0. The van der Waals surface area contributed by atoms with Gasteiger partial charge < -0.3 is 20.9 Å². The van der Waals surface area contributed by atoms with Crippen molar-refractivity contribution in [3.05, 3.63) is 18.2 Å². The van der Waals surface area contributed by atoms with Gasteiger partial charge in [0.2, 0.25) is 0 Å². The van der Waals surface area contributed by atoms with Gasteiger partial charge in [-0.2, -0.15) is 0 Å². The van der Waals surface area contributed by atoms with Gasteiger partial charge in [0, 0.05) is 12.8 Å². The first-order valence-corrected chi connectivity index (χ1v) is 7.36. The maximum Gasteiger partial charge on any atom is 0.175 e. The van der Waals surface area contributed by atoms with E-state index in [0.29, 0.717) is 31.1 Å². The Kier molecular flexibility index (Phi) is 5.39. The fourth-order valence-electron chi connectivity index (χ4n) is 1.36. The van der Waals surface area contributed by atoms with E-state index < -0.39 is 9.84 Å². The number of ether oxygens (including phenoxy) is 1. The van der Waals surface area contributed by atoms with Gasteiger partial charge in [0.25, 0.3) is 0 Å². The number of hydrogen-bond donors (Lipinski definition) is 3. The SMILES string of the molecule is CS(=O)(=O)c1ccc(NCCOCCO)c(N)c1.